The fraction of sp³-hybridized carbons (Fsp3) is 0.0606. The molecule has 2 aromatic heterocycles. The fourth-order valence-electron chi connectivity index (χ4n) is 5.69. The molecule has 7 aromatic rings. The van der Waals surface area contributed by atoms with Crippen molar-refractivity contribution in [3.05, 3.63) is 132 Å². The van der Waals surface area contributed by atoms with Gasteiger partial charge in [-0.05, 0) is 35.4 Å². The third-order valence-corrected chi connectivity index (χ3v) is 8.61. The average Bonchev–Trinajstić information content (AvgIpc) is 3.51. The second-order valence-electron chi connectivity index (χ2n) is 9.74. The van der Waals surface area contributed by atoms with Crippen molar-refractivity contribution >= 4 is 59.3 Å². The molecule has 38 heavy (non-hydrogen) atoms. The van der Waals surface area contributed by atoms with Crippen molar-refractivity contribution in [1.82, 2.24) is 15.2 Å². The van der Waals surface area contributed by atoms with Crippen molar-refractivity contribution in [2.24, 2.45) is 4.99 Å². The molecule has 182 valence electrons. The minimum absolute atomic E-state index is 0.0872. The van der Waals surface area contributed by atoms with Crippen LogP contribution in [0.2, 0.25) is 0 Å². The van der Waals surface area contributed by atoms with Crippen LogP contribution < -0.4 is 10.6 Å². The first-order valence-electron chi connectivity index (χ1n) is 12.9. The van der Waals surface area contributed by atoms with Crippen molar-refractivity contribution in [1.29, 1.82) is 0 Å². The first-order valence-corrected chi connectivity index (χ1v) is 13.7. The highest BCUT2D eigenvalue weighted by Crippen LogP contribution is 2.39. The topological polar surface area (TPSA) is 41.4 Å². The zero-order valence-corrected chi connectivity index (χ0v) is 21.3. The van der Waals surface area contributed by atoms with Crippen LogP contribution in [0.3, 0.4) is 0 Å². The Labute approximate surface area is 223 Å². The molecule has 2 N–H and O–H groups in total. The van der Waals surface area contributed by atoms with E-state index in [2.05, 4.69) is 130 Å². The Balaban J connectivity index is 1.40. The van der Waals surface area contributed by atoms with Gasteiger partial charge in [0.15, 0.2) is 0 Å². The first-order chi connectivity index (χ1) is 18.8. The van der Waals surface area contributed by atoms with Crippen LogP contribution in [0.15, 0.2) is 126 Å². The van der Waals surface area contributed by atoms with E-state index in [0.717, 1.165) is 22.6 Å². The largest absolute Gasteiger partial charge is 0.336 e. The van der Waals surface area contributed by atoms with Crippen LogP contribution in [0.5, 0.6) is 0 Å². The molecular formula is C33H24N4S. The van der Waals surface area contributed by atoms with Crippen LogP contribution in [0.1, 0.15) is 23.5 Å². The maximum Gasteiger partial charge on any atom is 0.206 e. The van der Waals surface area contributed by atoms with Gasteiger partial charge in [-0.2, -0.15) is 0 Å². The van der Waals surface area contributed by atoms with Crippen molar-refractivity contribution < 1.29 is 0 Å². The molecule has 1 aliphatic rings. The summed E-state index contributed by atoms with van der Waals surface area (Å²) < 4.78 is 4.94. The average molecular weight is 509 g/mol. The maximum absolute atomic E-state index is 5.26. The lowest BCUT2D eigenvalue weighted by Crippen LogP contribution is -2.47. The van der Waals surface area contributed by atoms with Gasteiger partial charge in [0.25, 0.3) is 0 Å². The molecule has 8 rings (SSSR count). The predicted octanol–water partition coefficient (Wildman–Crippen LogP) is 7.96. The highest BCUT2D eigenvalue weighted by atomic mass is 32.1. The SMILES string of the molecule is c1ccc(C2N=C(n3c4ccccc4c4cc5sc6ccccc6c5cc43)NC(c3ccccc3)N2)cc1. The van der Waals surface area contributed by atoms with Crippen LogP contribution in [0, 0.1) is 0 Å². The number of thiophene rings is 1. The van der Waals surface area contributed by atoms with Gasteiger partial charge in [-0.15, -0.1) is 11.3 Å². The molecule has 0 bridgehead atoms. The standard InChI is InChI=1S/C33H24N4S/c1-3-11-21(12-4-1)31-34-32(22-13-5-2-6-14-22)36-33(35-31)37-27-17-9-7-15-23(27)25-20-30-26(19-28(25)37)24-16-8-10-18-29(24)38-30/h1-20,31-32,34H,(H,35,36). The van der Waals surface area contributed by atoms with Crippen molar-refractivity contribution in [3.63, 3.8) is 0 Å². The Hall–Kier alpha value is -4.45. The van der Waals surface area contributed by atoms with Gasteiger partial charge in [-0.25, -0.2) is 4.99 Å². The van der Waals surface area contributed by atoms with Gasteiger partial charge in [0, 0.05) is 30.9 Å². The summed E-state index contributed by atoms with van der Waals surface area (Å²) in [5.41, 5.74) is 4.62. The van der Waals surface area contributed by atoms with Gasteiger partial charge < -0.3 is 5.32 Å². The zero-order valence-electron chi connectivity index (χ0n) is 20.5. The molecule has 2 atom stereocenters. The molecule has 5 heteroatoms. The monoisotopic (exact) mass is 508 g/mol. The minimum Gasteiger partial charge on any atom is -0.336 e. The number of benzene rings is 5. The van der Waals surface area contributed by atoms with Gasteiger partial charge in [0.1, 0.15) is 12.3 Å². The van der Waals surface area contributed by atoms with Crippen molar-refractivity contribution in [2.45, 2.75) is 12.3 Å². The summed E-state index contributed by atoms with van der Waals surface area (Å²) in [7, 11) is 0. The third kappa shape index (κ3) is 3.36. The lowest BCUT2D eigenvalue weighted by atomic mass is 10.1. The number of aliphatic imine (C=N–C) groups is 1. The number of hydrogen-bond donors (Lipinski definition) is 2. The molecule has 0 fully saturated rings. The second kappa shape index (κ2) is 8.55. The Morgan fingerprint density at radius 1 is 0.579 bits per heavy atom. The number of rotatable bonds is 2. The van der Waals surface area contributed by atoms with Gasteiger partial charge >= 0.3 is 0 Å². The third-order valence-electron chi connectivity index (χ3n) is 7.48. The molecule has 0 saturated heterocycles. The molecule has 0 radical (unpaired) electrons. The minimum atomic E-state index is -0.181. The van der Waals surface area contributed by atoms with E-state index in [1.807, 2.05) is 17.4 Å². The summed E-state index contributed by atoms with van der Waals surface area (Å²) in [6.45, 7) is 0. The lowest BCUT2D eigenvalue weighted by molar-refractivity contribution is 0.403. The maximum atomic E-state index is 5.26. The Kier molecular flexibility index (Phi) is 4.87. The van der Waals surface area contributed by atoms with Crippen LogP contribution in [0.25, 0.3) is 42.0 Å². The molecule has 1 aliphatic heterocycles. The lowest BCUT2D eigenvalue weighted by Gasteiger charge is -2.32. The van der Waals surface area contributed by atoms with Gasteiger partial charge in [-0.3, -0.25) is 9.88 Å². The van der Waals surface area contributed by atoms with E-state index in [-0.39, 0.29) is 12.3 Å². The molecular weight excluding hydrogens is 484 g/mol. The summed E-state index contributed by atoms with van der Waals surface area (Å²) in [6, 6.07) is 43.1. The Bertz CT molecular complexity index is 1990. The molecule has 2 unspecified atom stereocenters. The van der Waals surface area contributed by atoms with Crippen molar-refractivity contribution in [2.75, 3.05) is 0 Å². The van der Waals surface area contributed by atoms with E-state index in [0.29, 0.717) is 0 Å². The van der Waals surface area contributed by atoms with Gasteiger partial charge in [0.2, 0.25) is 5.96 Å². The van der Waals surface area contributed by atoms with Crippen LogP contribution in [-0.4, -0.2) is 10.5 Å². The van der Waals surface area contributed by atoms with Crippen molar-refractivity contribution in [3.8, 4) is 0 Å². The normalized spacial score (nSPS) is 17.7. The smallest absolute Gasteiger partial charge is 0.206 e. The second-order valence-corrected chi connectivity index (χ2v) is 10.8. The molecule has 3 heterocycles. The van der Waals surface area contributed by atoms with Gasteiger partial charge in [0.05, 0.1) is 11.0 Å². The van der Waals surface area contributed by atoms with E-state index in [1.54, 1.807) is 0 Å². The summed E-state index contributed by atoms with van der Waals surface area (Å²) in [5, 5.41) is 12.5. The number of fused-ring (bicyclic) bond motifs is 6. The van der Waals surface area contributed by atoms with Crippen LogP contribution in [0.4, 0.5) is 0 Å². The molecule has 4 nitrogen and oxygen atoms in total. The number of hydrogen-bond acceptors (Lipinski definition) is 4. The number of nitrogens with zero attached hydrogens (tertiary/aromatic N) is 2. The highest BCUT2D eigenvalue weighted by Gasteiger charge is 2.27. The predicted molar refractivity (Wildman–Crippen MR) is 160 cm³/mol. The fourth-order valence-corrected chi connectivity index (χ4v) is 6.82. The number of para-hydroxylation sites is 1. The van der Waals surface area contributed by atoms with E-state index in [1.165, 1.54) is 36.5 Å². The van der Waals surface area contributed by atoms with Crippen LogP contribution >= 0.6 is 11.3 Å². The molecule has 5 aromatic carbocycles. The summed E-state index contributed by atoms with van der Waals surface area (Å²) in [6.07, 6.45) is -0.268. The first kappa shape index (κ1) is 21.6. The Morgan fingerprint density at radius 2 is 1.26 bits per heavy atom. The van der Waals surface area contributed by atoms with Crippen LogP contribution in [-0.2, 0) is 0 Å². The van der Waals surface area contributed by atoms with E-state index in [9.17, 15) is 0 Å². The van der Waals surface area contributed by atoms with E-state index >= 15 is 0 Å². The number of aromatic nitrogens is 1. The molecule has 0 aliphatic carbocycles. The van der Waals surface area contributed by atoms with Gasteiger partial charge in [-0.1, -0.05) is 97.1 Å². The van der Waals surface area contributed by atoms with E-state index in [4.69, 9.17) is 4.99 Å². The summed E-state index contributed by atoms with van der Waals surface area (Å²) in [5.74, 6) is 0.844. The Morgan fingerprint density at radius 3 is 2.08 bits per heavy atom. The number of nitrogens with one attached hydrogen (secondary N) is 2. The molecule has 0 saturated carbocycles. The summed E-state index contributed by atoms with van der Waals surface area (Å²) >= 11 is 1.86. The zero-order chi connectivity index (χ0) is 25.1. The highest BCUT2D eigenvalue weighted by molar-refractivity contribution is 7.25. The summed E-state index contributed by atoms with van der Waals surface area (Å²) in [4.78, 5) is 5.26. The molecule has 0 amide bonds. The quantitative estimate of drug-likeness (QED) is 0.249. The van der Waals surface area contributed by atoms with E-state index < -0.39 is 0 Å². The molecule has 0 spiro atoms.